The maximum absolute atomic E-state index is 13.1. The number of benzene rings is 2. The molecule has 2 aromatic rings. The minimum atomic E-state index is -0.467. The van der Waals surface area contributed by atoms with Gasteiger partial charge in [0, 0.05) is 30.0 Å². The van der Waals surface area contributed by atoms with Gasteiger partial charge in [0.1, 0.15) is 5.82 Å². The maximum atomic E-state index is 13.1. The molecule has 138 valence electrons. The Balaban J connectivity index is 1.66. The smallest absolute Gasteiger partial charge is 0.257 e. The molecule has 0 radical (unpaired) electrons. The number of amides is 1. The summed E-state index contributed by atoms with van der Waals surface area (Å²) in [6.45, 7) is 3.30. The van der Waals surface area contributed by atoms with E-state index in [1.165, 1.54) is 12.1 Å². The van der Waals surface area contributed by atoms with Crippen LogP contribution < -0.4 is 10.6 Å². The lowest BCUT2D eigenvalue weighted by Gasteiger charge is -2.35. The number of hydrogen-bond donors (Lipinski definition) is 2. The van der Waals surface area contributed by atoms with E-state index in [1.54, 1.807) is 0 Å². The Kier molecular flexibility index (Phi) is 5.79. The third kappa shape index (κ3) is 4.54. The van der Waals surface area contributed by atoms with Crippen LogP contribution in [0.15, 0.2) is 42.5 Å². The van der Waals surface area contributed by atoms with Crippen molar-refractivity contribution in [2.45, 2.75) is 31.8 Å². The SMILES string of the molecule is C[C@H]1CC(Nc2cccc(NC(=O)c3ccc(F)cc3Cl)c2)CCN1C. The Morgan fingerprint density at radius 1 is 1.23 bits per heavy atom. The zero-order chi connectivity index (χ0) is 18.7. The molecule has 2 N–H and O–H groups in total. The third-order valence-electron chi connectivity index (χ3n) is 4.88. The molecule has 2 aromatic carbocycles. The van der Waals surface area contributed by atoms with Crippen molar-refractivity contribution < 1.29 is 9.18 Å². The number of hydrogen-bond acceptors (Lipinski definition) is 3. The standard InChI is InChI=1S/C20H23ClFN3O/c1-13-10-17(8-9-25(13)2)23-15-4-3-5-16(12-15)24-20(26)18-7-6-14(22)11-19(18)21/h3-7,11-13,17,23H,8-10H2,1-2H3,(H,24,26)/t13-,17?/m0/s1. The van der Waals surface area contributed by atoms with Crippen molar-refractivity contribution in [2.24, 2.45) is 0 Å². The molecule has 2 atom stereocenters. The van der Waals surface area contributed by atoms with Gasteiger partial charge in [0.2, 0.25) is 0 Å². The molecule has 0 aromatic heterocycles. The van der Waals surface area contributed by atoms with E-state index in [-0.39, 0.29) is 16.5 Å². The van der Waals surface area contributed by atoms with Crippen molar-refractivity contribution in [1.29, 1.82) is 0 Å². The van der Waals surface area contributed by atoms with Crippen molar-refractivity contribution in [1.82, 2.24) is 4.90 Å². The van der Waals surface area contributed by atoms with Crippen LogP contribution in [0.3, 0.4) is 0 Å². The topological polar surface area (TPSA) is 44.4 Å². The van der Waals surface area contributed by atoms with E-state index in [9.17, 15) is 9.18 Å². The Hall–Kier alpha value is -2.11. The third-order valence-corrected chi connectivity index (χ3v) is 5.19. The molecule has 1 aliphatic heterocycles. The van der Waals surface area contributed by atoms with Crippen molar-refractivity contribution >= 4 is 28.9 Å². The molecule has 4 nitrogen and oxygen atoms in total. The second-order valence-corrected chi connectivity index (χ2v) is 7.26. The predicted molar refractivity (Wildman–Crippen MR) is 105 cm³/mol. The van der Waals surface area contributed by atoms with Gasteiger partial charge < -0.3 is 15.5 Å². The Morgan fingerprint density at radius 2 is 2.00 bits per heavy atom. The maximum Gasteiger partial charge on any atom is 0.257 e. The first-order chi connectivity index (χ1) is 12.4. The molecular weight excluding hydrogens is 353 g/mol. The molecule has 1 saturated heterocycles. The summed E-state index contributed by atoms with van der Waals surface area (Å²) in [4.78, 5) is 14.7. The normalized spacial score (nSPS) is 20.6. The number of carbonyl (C=O) groups is 1. The highest BCUT2D eigenvalue weighted by molar-refractivity contribution is 6.34. The molecule has 1 fully saturated rings. The lowest BCUT2D eigenvalue weighted by molar-refractivity contribution is 0.102. The second kappa shape index (κ2) is 8.06. The first-order valence-corrected chi connectivity index (χ1v) is 9.13. The number of nitrogens with zero attached hydrogens (tertiary/aromatic N) is 1. The van der Waals surface area contributed by atoms with Crippen LogP contribution >= 0.6 is 11.6 Å². The zero-order valence-electron chi connectivity index (χ0n) is 14.9. The van der Waals surface area contributed by atoms with Gasteiger partial charge >= 0.3 is 0 Å². The molecule has 1 unspecified atom stereocenters. The summed E-state index contributed by atoms with van der Waals surface area (Å²) in [5, 5.41) is 6.46. The number of carbonyl (C=O) groups excluding carboxylic acids is 1. The van der Waals surface area contributed by atoms with Gasteiger partial charge in [-0.15, -0.1) is 0 Å². The zero-order valence-corrected chi connectivity index (χ0v) is 15.7. The monoisotopic (exact) mass is 375 g/mol. The Bertz CT molecular complexity index is 798. The minimum absolute atomic E-state index is 0.0945. The van der Waals surface area contributed by atoms with E-state index in [0.29, 0.717) is 17.8 Å². The van der Waals surface area contributed by atoms with Crippen LogP contribution in [-0.2, 0) is 0 Å². The second-order valence-electron chi connectivity index (χ2n) is 6.85. The van der Waals surface area contributed by atoms with Gasteiger partial charge in [0.15, 0.2) is 0 Å². The largest absolute Gasteiger partial charge is 0.382 e. The van der Waals surface area contributed by atoms with Gasteiger partial charge in [-0.25, -0.2) is 4.39 Å². The first-order valence-electron chi connectivity index (χ1n) is 8.75. The average molecular weight is 376 g/mol. The fourth-order valence-corrected chi connectivity index (χ4v) is 3.47. The van der Waals surface area contributed by atoms with E-state index in [4.69, 9.17) is 11.6 Å². The summed E-state index contributed by atoms with van der Waals surface area (Å²) in [6, 6.07) is 12.3. The molecular formula is C20H23ClFN3O. The predicted octanol–water partition coefficient (Wildman–Crippen LogP) is 4.63. The number of halogens is 2. The molecule has 0 saturated carbocycles. The summed E-state index contributed by atoms with van der Waals surface area (Å²) in [6.07, 6.45) is 2.17. The molecule has 0 aliphatic carbocycles. The summed E-state index contributed by atoms with van der Waals surface area (Å²) < 4.78 is 13.1. The fraction of sp³-hybridized carbons (Fsp3) is 0.350. The Labute approximate surface area is 158 Å². The van der Waals surface area contributed by atoms with Crippen LogP contribution in [0.1, 0.15) is 30.1 Å². The molecule has 3 rings (SSSR count). The molecule has 1 amide bonds. The van der Waals surface area contributed by atoms with E-state index < -0.39 is 5.82 Å². The molecule has 1 aliphatic rings. The highest BCUT2D eigenvalue weighted by Crippen LogP contribution is 2.23. The van der Waals surface area contributed by atoms with Crippen LogP contribution in [0.25, 0.3) is 0 Å². The first kappa shape index (κ1) is 18.7. The average Bonchev–Trinajstić information content (AvgIpc) is 2.58. The van der Waals surface area contributed by atoms with E-state index >= 15 is 0 Å². The van der Waals surface area contributed by atoms with Gasteiger partial charge in [-0.3, -0.25) is 4.79 Å². The molecule has 26 heavy (non-hydrogen) atoms. The highest BCUT2D eigenvalue weighted by atomic mass is 35.5. The molecule has 0 bridgehead atoms. The minimum Gasteiger partial charge on any atom is -0.382 e. The fourth-order valence-electron chi connectivity index (χ4n) is 3.21. The van der Waals surface area contributed by atoms with E-state index in [2.05, 4.69) is 29.5 Å². The van der Waals surface area contributed by atoms with Crippen molar-refractivity contribution in [3.63, 3.8) is 0 Å². The Morgan fingerprint density at radius 3 is 2.73 bits per heavy atom. The summed E-state index contributed by atoms with van der Waals surface area (Å²) in [5.74, 6) is -0.829. The number of likely N-dealkylation sites (tertiary alicyclic amines) is 1. The summed E-state index contributed by atoms with van der Waals surface area (Å²) in [5.41, 5.74) is 1.88. The van der Waals surface area contributed by atoms with Crippen LogP contribution in [0, 0.1) is 5.82 Å². The van der Waals surface area contributed by atoms with Gasteiger partial charge in [0.05, 0.1) is 10.6 Å². The van der Waals surface area contributed by atoms with Gasteiger partial charge in [0.25, 0.3) is 5.91 Å². The van der Waals surface area contributed by atoms with Gasteiger partial charge in [-0.2, -0.15) is 0 Å². The quantitative estimate of drug-likeness (QED) is 0.819. The highest BCUT2D eigenvalue weighted by Gasteiger charge is 2.22. The number of anilines is 2. The van der Waals surface area contributed by atoms with Crippen LogP contribution in [-0.4, -0.2) is 36.5 Å². The number of piperidine rings is 1. The van der Waals surface area contributed by atoms with Crippen molar-refractivity contribution in [3.8, 4) is 0 Å². The number of nitrogens with one attached hydrogen (secondary N) is 2. The van der Waals surface area contributed by atoms with Gasteiger partial charge in [-0.05, 0) is 63.2 Å². The molecule has 1 heterocycles. The van der Waals surface area contributed by atoms with Crippen molar-refractivity contribution in [2.75, 3.05) is 24.2 Å². The van der Waals surface area contributed by atoms with Crippen LogP contribution in [0.2, 0.25) is 5.02 Å². The van der Waals surface area contributed by atoms with Crippen LogP contribution in [0.4, 0.5) is 15.8 Å². The number of rotatable bonds is 4. The van der Waals surface area contributed by atoms with Crippen molar-refractivity contribution in [3.05, 3.63) is 58.9 Å². The van der Waals surface area contributed by atoms with E-state index in [1.807, 2.05) is 24.3 Å². The summed E-state index contributed by atoms with van der Waals surface area (Å²) >= 11 is 5.96. The lowest BCUT2D eigenvalue weighted by atomic mass is 9.98. The summed E-state index contributed by atoms with van der Waals surface area (Å²) in [7, 11) is 2.15. The lowest BCUT2D eigenvalue weighted by Crippen LogP contribution is -2.42. The van der Waals surface area contributed by atoms with E-state index in [0.717, 1.165) is 31.1 Å². The van der Waals surface area contributed by atoms with Gasteiger partial charge in [-0.1, -0.05) is 17.7 Å². The van der Waals surface area contributed by atoms with Crippen LogP contribution in [0.5, 0.6) is 0 Å². The molecule has 6 heteroatoms. The molecule has 0 spiro atoms.